The number of likely N-dealkylation sites (tertiary alicyclic amines) is 1. The maximum atomic E-state index is 6.37. The Bertz CT molecular complexity index is 1080. The van der Waals surface area contributed by atoms with E-state index >= 15 is 0 Å². The number of pyridine rings is 1. The van der Waals surface area contributed by atoms with E-state index in [9.17, 15) is 0 Å². The highest BCUT2D eigenvalue weighted by atomic mass is 16.5. The van der Waals surface area contributed by atoms with Crippen LogP contribution in [0.2, 0.25) is 0 Å². The standard InChI is InChI=1S/C29H38N4O2/c1-5-21-16-24(22-7-12-33(13-8-22)20(2)18-32(3)4)17-27-28(21)35-19-26-25(6-11-30-29(26)31-27)23-9-14-34-15-10-23/h1,6,11,16-17,20,22-23H,7-10,12-15,18-19H2,2-4H3,(H,30,31). The summed E-state index contributed by atoms with van der Waals surface area (Å²) in [5.74, 6) is 5.54. The molecule has 1 N–H and O–H groups in total. The van der Waals surface area contributed by atoms with E-state index < -0.39 is 0 Å². The molecule has 0 amide bonds. The number of nitrogens with zero attached hydrogens (tertiary/aromatic N) is 3. The molecule has 1 aromatic carbocycles. The largest absolute Gasteiger partial charge is 0.485 e. The van der Waals surface area contributed by atoms with Crippen LogP contribution in [0.3, 0.4) is 0 Å². The van der Waals surface area contributed by atoms with Gasteiger partial charge in [-0.1, -0.05) is 5.92 Å². The first-order valence-electron chi connectivity index (χ1n) is 13.0. The monoisotopic (exact) mass is 474 g/mol. The Morgan fingerprint density at radius 2 is 1.94 bits per heavy atom. The van der Waals surface area contributed by atoms with Gasteiger partial charge in [-0.2, -0.15) is 0 Å². The third-order valence-corrected chi connectivity index (χ3v) is 7.89. The lowest BCUT2D eigenvalue weighted by atomic mass is 9.87. The first-order valence-corrected chi connectivity index (χ1v) is 13.0. The molecule has 1 aromatic heterocycles. The molecule has 5 rings (SSSR count). The number of terminal acetylenes is 1. The number of anilines is 2. The third kappa shape index (κ3) is 5.18. The van der Waals surface area contributed by atoms with Gasteiger partial charge in [0.1, 0.15) is 12.4 Å². The van der Waals surface area contributed by atoms with Crippen LogP contribution in [0.5, 0.6) is 5.75 Å². The number of hydrogen-bond acceptors (Lipinski definition) is 6. The minimum atomic E-state index is 0.478. The molecule has 4 heterocycles. The van der Waals surface area contributed by atoms with E-state index in [0.29, 0.717) is 24.5 Å². The van der Waals surface area contributed by atoms with Crippen molar-refractivity contribution < 1.29 is 9.47 Å². The minimum absolute atomic E-state index is 0.478. The second-order valence-electron chi connectivity index (χ2n) is 10.5. The van der Waals surface area contributed by atoms with Crippen LogP contribution in [-0.4, -0.2) is 67.8 Å². The van der Waals surface area contributed by atoms with E-state index in [1.54, 1.807) is 0 Å². The van der Waals surface area contributed by atoms with E-state index in [1.165, 1.54) is 11.1 Å². The van der Waals surface area contributed by atoms with Gasteiger partial charge in [0.25, 0.3) is 0 Å². The number of benzene rings is 1. The van der Waals surface area contributed by atoms with Crippen molar-refractivity contribution in [1.82, 2.24) is 14.8 Å². The molecule has 2 fully saturated rings. The van der Waals surface area contributed by atoms with E-state index in [-0.39, 0.29) is 0 Å². The fourth-order valence-corrected chi connectivity index (χ4v) is 5.99. The van der Waals surface area contributed by atoms with Crippen LogP contribution in [0.25, 0.3) is 0 Å². The maximum absolute atomic E-state index is 6.37. The lowest BCUT2D eigenvalue weighted by Crippen LogP contribution is -2.44. The van der Waals surface area contributed by atoms with Crippen LogP contribution in [-0.2, 0) is 11.3 Å². The van der Waals surface area contributed by atoms with Crippen molar-refractivity contribution in [2.24, 2.45) is 0 Å². The molecular formula is C29H38N4O2. The highest BCUT2D eigenvalue weighted by Crippen LogP contribution is 2.42. The average Bonchev–Trinajstić information content (AvgIpc) is 3.07. The van der Waals surface area contributed by atoms with Crippen LogP contribution in [0, 0.1) is 12.3 Å². The first kappa shape index (κ1) is 24.1. The fourth-order valence-electron chi connectivity index (χ4n) is 5.99. The molecule has 186 valence electrons. The van der Waals surface area contributed by atoms with Crippen LogP contribution < -0.4 is 10.1 Å². The number of rotatable bonds is 5. The molecule has 6 nitrogen and oxygen atoms in total. The van der Waals surface area contributed by atoms with Crippen molar-refractivity contribution in [3.63, 3.8) is 0 Å². The molecule has 2 aromatic rings. The molecular weight excluding hydrogens is 436 g/mol. The number of aromatic nitrogens is 1. The SMILES string of the molecule is C#Cc1cc(C2CCN(C(C)CN(C)C)CC2)cc2c1OCc1c(C3CCOCC3)ccnc1N2. The van der Waals surface area contributed by atoms with E-state index in [4.69, 9.17) is 20.9 Å². The van der Waals surface area contributed by atoms with Crippen molar-refractivity contribution in [1.29, 1.82) is 0 Å². The van der Waals surface area contributed by atoms with Crippen molar-refractivity contribution in [2.45, 2.75) is 57.1 Å². The molecule has 1 unspecified atom stereocenters. The molecule has 0 aliphatic carbocycles. The third-order valence-electron chi connectivity index (χ3n) is 7.89. The number of fused-ring (bicyclic) bond motifs is 2. The fraction of sp³-hybridized carbons (Fsp3) is 0.552. The van der Waals surface area contributed by atoms with Crippen molar-refractivity contribution in [2.75, 3.05) is 52.3 Å². The smallest absolute Gasteiger partial charge is 0.158 e. The number of piperidine rings is 1. The van der Waals surface area contributed by atoms with Gasteiger partial charge in [-0.15, -0.1) is 6.42 Å². The van der Waals surface area contributed by atoms with Gasteiger partial charge in [-0.05, 0) is 101 Å². The molecule has 0 spiro atoms. The van der Waals surface area contributed by atoms with Gasteiger partial charge in [0.15, 0.2) is 5.75 Å². The van der Waals surface area contributed by atoms with Crippen LogP contribution in [0.4, 0.5) is 11.5 Å². The number of nitrogens with one attached hydrogen (secondary N) is 1. The summed E-state index contributed by atoms with van der Waals surface area (Å²) < 4.78 is 12.0. The summed E-state index contributed by atoms with van der Waals surface area (Å²) in [7, 11) is 4.30. The van der Waals surface area contributed by atoms with Crippen molar-refractivity contribution in [3.8, 4) is 18.1 Å². The quantitative estimate of drug-likeness (QED) is 0.633. The second-order valence-corrected chi connectivity index (χ2v) is 10.5. The highest BCUT2D eigenvalue weighted by Gasteiger charge is 2.28. The van der Waals surface area contributed by atoms with Gasteiger partial charge in [0.2, 0.25) is 0 Å². The van der Waals surface area contributed by atoms with Gasteiger partial charge in [-0.25, -0.2) is 4.98 Å². The van der Waals surface area contributed by atoms with Gasteiger partial charge in [-0.3, -0.25) is 4.90 Å². The summed E-state index contributed by atoms with van der Waals surface area (Å²) in [6, 6.07) is 7.14. The molecule has 0 radical (unpaired) electrons. The lowest BCUT2D eigenvalue weighted by molar-refractivity contribution is 0.0849. The Balaban J connectivity index is 1.38. The molecule has 3 aliphatic heterocycles. The number of ether oxygens (including phenoxy) is 2. The Kier molecular flexibility index (Phi) is 7.29. The summed E-state index contributed by atoms with van der Waals surface area (Å²) in [5.41, 5.74) is 5.53. The first-order chi connectivity index (χ1) is 17.0. The Hall–Kier alpha value is -2.59. The Labute approximate surface area is 210 Å². The Morgan fingerprint density at radius 3 is 2.66 bits per heavy atom. The normalized spacial score (nSPS) is 20.2. The average molecular weight is 475 g/mol. The highest BCUT2D eigenvalue weighted by molar-refractivity contribution is 5.73. The second kappa shape index (κ2) is 10.6. The Morgan fingerprint density at radius 1 is 1.17 bits per heavy atom. The topological polar surface area (TPSA) is 49.9 Å². The van der Waals surface area contributed by atoms with E-state index in [0.717, 1.165) is 86.9 Å². The maximum Gasteiger partial charge on any atom is 0.158 e. The number of hydrogen-bond donors (Lipinski definition) is 1. The summed E-state index contributed by atoms with van der Waals surface area (Å²) in [6.45, 7) is 7.76. The number of likely N-dealkylation sites (N-methyl/N-ethyl adjacent to an activating group) is 1. The predicted octanol–water partition coefficient (Wildman–Crippen LogP) is 4.72. The molecule has 6 heteroatoms. The van der Waals surface area contributed by atoms with E-state index in [1.807, 2.05) is 6.20 Å². The minimum Gasteiger partial charge on any atom is -0.485 e. The summed E-state index contributed by atoms with van der Waals surface area (Å²) in [4.78, 5) is 9.58. The van der Waals surface area contributed by atoms with Crippen LogP contribution in [0.15, 0.2) is 24.4 Å². The van der Waals surface area contributed by atoms with Gasteiger partial charge >= 0.3 is 0 Å². The van der Waals surface area contributed by atoms with Crippen molar-refractivity contribution >= 4 is 11.5 Å². The molecule has 0 bridgehead atoms. The summed E-state index contributed by atoms with van der Waals surface area (Å²) >= 11 is 0. The predicted molar refractivity (Wildman–Crippen MR) is 141 cm³/mol. The molecule has 3 aliphatic rings. The van der Waals surface area contributed by atoms with Gasteiger partial charge in [0, 0.05) is 37.6 Å². The van der Waals surface area contributed by atoms with E-state index in [2.05, 4.69) is 60.3 Å². The van der Waals surface area contributed by atoms with Crippen LogP contribution in [0.1, 0.15) is 66.7 Å². The molecule has 0 saturated carbocycles. The lowest BCUT2D eigenvalue weighted by Gasteiger charge is -2.37. The summed E-state index contributed by atoms with van der Waals surface area (Å²) in [6.07, 6.45) is 12.3. The zero-order valence-electron chi connectivity index (χ0n) is 21.3. The molecule has 2 saturated heterocycles. The molecule has 1 atom stereocenters. The molecule has 35 heavy (non-hydrogen) atoms. The van der Waals surface area contributed by atoms with Crippen LogP contribution >= 0.6 is 0 Å². The van der Waals surface area contributed by atoms with Gasteiger partial charge in [0.05, 0.1) is 11.3 Å². The summed E-state index contributed by atoms with van der Waals surface area (Å²) in [5, 5.41) is 3.61. The van der Waals surface area contributed by atoms with Crippen molar-refractivity contribution in [3.05, 3.63) is 46.6 Å². The zero-order chi connectivity index (χ0) is 24.4. The zero-order valence-corrected chi connectivity index (χ0v) is 21.3. The van der Waals surface area contributed by atoms with Gasteiger partial charge < -0.3 is 19.7 Å².